The molecule has 1 N–H and O–H groups in total. The van der Waals surface area contributed by atoms with E-state index in [9.17, 15) is 0 Å². The molecule has 0 aromatic carbocycles. The van der Waals surface area contributed by atoms with Crippen molar-refractivity contribution in [3.8, 4) is 0 Å². The number of likely N-dealkylation sites (tertiary alicyclic amines) is 1. The lowest BCUT2D eigenvalue weighted by Gasteiger charge is -2.33. The SMILES string of the molecule is CCCNCC1CCC(CN2CCC(OCC)CC2)O1. The van der Waals surface area contributed by atoms with E-state index in [1.807, 2.05) is 0 Å². The van der Waals surface area contributed by atoms with E-state index in [1.54, 1.807) is 0 Å². The van der Waals surface area contributed by atoms with Crippen molar-refractivity contribution in [2.45, 2.75) is 64.3 Å². The summed E-state index contributed by atoms with van der Waals surface area (Å²) in [5, 5.41) is 3.47. The Morgan fingerprint density at radius 1 is 1.10 bits per heavy atom. The molecule has 0 bridgehead atoms. The van der Waals surface area contributed by atoms with Crippen molar-refractivity contribution in [1.82, 2.24) is 10.2 Å². The van der Waals surface area contributed by atoms with Gasteiger partial charge in [-0.15, -0.1) is 0 Å². The number of piperidine rings is 1. The van der Waals surface area contributed by atoms with E-state index < -0.39 is 0 Å². The van der Waals surface area contributed by atoms with E-state index in [0.717, 1.165) is 26.2 Å². The Morgan fingerprint density at radius 3 is 2.55 bits per heavy atom. The zero-order valence-electron chi connectivity index (χ0n) is 13.3. The van der Waals surface area contributed by atoms with E-state index in [2.05, 4.69) is 24.1 Å². The van der Waals surface area contributed by atoms with Crippen LogP contribution in [0, 0.1) is 0 Å². The highest BCUT2D eigenvalue weighted by Crippen LogP contribution is 2.22. The molecule has 4 heteroatoms. The fourth-order valence-electron chi connectivity index (χ4n) is 3.29. The molecule has 2 unspecified atom stereocenters. The molecule has 0 saturated carbocycles. The topological polar surface area (TPSA) is 33.7 Å². The molecule has 2 aliphatic heterocycles. The second-order valence-electron chi connectivity index (χ2n) is 6.12. The van der Waals surface area contributed by atoms with Crippen LogP contribution in [0.3, 0.4) is 0 Å². The minimum atomic E-state index is 0.438. The van der Waals surface area contributed by atoms with Crippen LogP contribution >= 0.6 is 0 Å². The molecule has 20 heavy (non-hydrogen) atoms. The predicted molar refractivity (Wildman–Crippen MR) is 82.1 cm³/mol. The molecule has 2 fully saturated rings. The van der Waals surface area contributed by atoms with Crippen molar-refractivity contribution in [2.75, 3.05) is 39.3 Å². The highest BCUT2D eigenvalue weighted by Gasteiger charge is 2.28. The van der Waals surface area contributed by atoms with Gasteiger partial charge in [-0.2, -0.15) is 0 Å². The molecule has 2 aliphatic rings. The largest absolute Gasteiger partial charge is 0.378 e. The Morgan fingerprint density at radius 2 is 1.85 bits per heavy atom. The van der Waals surface area contributed by atoms with E-state index in [-0.39, 0.29) is 0 Å². The monoisotopic (exact) mass is 284 g/mol. The van der Waals surface area contributed by atoms with Crippen LogP contribution in [0.2, 0.25) is 0 Å². The molecular weight excluding hydrogens is 252 g/mol. The van der Waals surface area contributed by atoms with Gasteiger partial charge in [-0.3, -0.25) is 0 Å². The summed E-state index contributed by atoms with van der Waals surface area (Å²) in [6.45, 7) is 10.7. The first-order chi connectivity index (χ1) is 9.81. The number of nitrogens with one attached hydrogen (secondary N) is 1. The highest BCUT2D eigenvalue weighted by atomic mass is 16.5. The van der Waals surface area contributed by atoms with E-state index >= 15 is 0 Å². The number of rotatable bonds is 8. The van der Waals surface area contributed by atoms with Crippen LogP contribution in [-0.2, 0) is 9.47 Å². The number of nitrogens with zero attached hydrogens (tertiary/aromatic N) is 1. The Kier molecular flexibility index (Phi) is 7.28. The molecule has 0 aromatic rings. The standard InChI is InChI=1S/C16H32N2O2/c1-3-9-17-12-15-5-6-16(20-15)13-18-10-7-14(8-11-18)19-4-2/h14-17H,3-13H2,1-2H3. The molecule has 118 valence electrons. The van der Waals surface area contributed by atoms with Gasteiger partial charge in [-0.1, -0.05) is 6.92 Å². The van der Waals surface area contributed by atoms with Crippen LogP contribution in [-0.4, -0.2) is 62.5 Å². The third-order valence-corrected chi connectivity index (χ3v) is 4.39. The Bertz CT molecular complexity index is 255. The van der Waals surface area contributed by atoms with Gasteiger partial charge >= 0.3 is 0 Å². The van der Waals surface area contributed by atoms with Crippen LogP contribution in [0.25, 0.3) is 0 Å². The minimum Gasteiger partial charge on any atom is -0.378 e. The quantitative estimate of drug-likeness (QED) is 0.692. The van der Waals surface area contributed by atoms with Gasteiger partial charge in [0.2, 0.25) is 0 Å². The molecule has 0 aliphatic carbocycles. The zero-order valence-corrected chi connectivity index (χ0v) is 13.3. The molecule has 2 heterocycles. The molecule has 2 atom stereocenters. The fourth-order valence-corrected chi connectivity index (χ4v) is 3.29. The lowest BCUT2D eigenvalue weighted by Crippen LogP contribution is -2.41. The highest BCUT2D eigenvalue weighted by molar-refractivity contribution is 4.80. The minimum absolute atomic E-state index is 0.438. The van der Waals surface area contributed by atoms with E-state index in [1.165, 1.54) is 45.2 Å². The van der Waals surface area contributed by atoms with E-state index in [0.29, 0.717) is 18.3 Å². The second-order valence-corrected chi connectivity index (χ2v) is 6.12. The van der Waals surface area contributed by atoms with Gasteiger partial charge in [0, 0.05) is 32.8 Å². The van der Waals surface area contributed by atoms with Gasteiger partial charge in [0.25, 0.3) is 0 Å². The maximum Gasteiger partial charge on any atom is 0.0707 e. The van der Waals surface area contributed by atoms with Gasteiger partial charge in [-0.05, 0) is 45.6 Å². The molecule has 0 radical (unpaired) electrons. The van der Waals surface area contributed by atoms with Crippen molar-refractivity contribution in [3.63, 3.8) is 0 Å². The first-order valence-electron chi connectivity index (χ1n) is 8.52. The van der Waals surface area contributed by atoms with Gasteiger partial charge in [0.15, 0.2) is 0 Å². The summed E-state index contributed by atoms with van der Waals surface area (Å²) in [5.41, 5.74) is 0. The first kappa shape index (κ1) is 16.2. The maximum absolute atomic E-state index is 6.15. The summed E-state index contributed by atoms with van der Waals surface area (Å²) in [6, 6.07) is 0. The number of ether oxygens (including phenoxy) is 2. The zero-order chi connectivity index (χ0) is 14.2. The van der Waals surface area contributed by atoms with Crippen LogP contribution in [0.5, 0.6) is 0 Å². The van der Waals surface area contributed by atoms with Crippen LogP contribution in [0.15, 0.2) is 0 Å². The van der Waals surface area contributed by atoms with Crippen LogP contribution in [0.4, 0.5) is 0 Å². The summed E-state index contributed by atoms with van der Waals surface area (Å²) < 4.78 is 11.9. The molecule has 0 spiro atoms. The maximum atomic E-state index is 6.15. The fraction of sp³-hybridized carbons (Fsp3) is 1.00. The van der Waals surface area contributed by atoms with Crippen molar-refractivity contribution in [2.24, 2.45) is 0 Å². The molecule has 0 amide bonds. The number of hydrogen-bond acceptors (Lipinski definition) is 4. The molecule has 2 rings (SSSR count). The van der Waals surface area contributed by atoms with Crippen molar-refractivity contribution < 1.29 is 9.47 Å². The lowest BCUT2D eigenvalue weighted by atomic mass is 10.1. The Hall–Kier alpha value is -0.160. The van der Waals surface area contributed by atoms with E-state index in [4.69, 9.17) is 9.47 Å². The first-order valence-corrected chi connectivity index (χ1v) is 8.52. The molecule has 0 aromatic heterocycles. The third kappa shape index (κ3) is 5.32. The summed E-state index contributed by atoms with van der Waals surface area (Å²) in [4.78, 5) is 2.56. The smallest absolute Gasteiger partial charge is 0.0707 e. The number of hydrogen-bond donors (Lipinski definition) is 1. The third-order valence-electron chi connectivity index (χ3n) is 4.39. The van der Waals surface area contributed by atoms with Gasteiger partial charge < -0.3 is 19.7 Å². The van der Waals surface area contributed by atoms with Crippen LogP contribution < -0.4 is 5.32 Å². The molecule has 2 saturated heterocycles. The summed E-state index contributed by atoms with van der Waals surface area (Å²) in [6.07, 6.45) is 7.39. The van der Waals surface area contributed by atoms with Gasteiger partial charge in [0.05, 0.1) is 18.3 Å². The van der Waals surface area contributed by atoms with Gasteiger partial charge in [-0.25, -0.2) is 0 Å². The summed E-state index contributed by atoms with van der Waals surface area (Å²) in [5.74, 6) is 0. The van der Waals surface area contributed by atoms with Crippen LogP contribution in [0.1, 0.15) is 46.0 Å². The summed E-state index contributed by atoms with van der Waals surface area (Å²) in [7, 11) is 0. The van der Waals surface area contributed by atoms with Crippen molar-refractivity contribution in [1.29, 1.82) is 0 Å². The van der Waals surface area contributed by atoms with Gasteiger partial charge in [0.1, 0.15) is 0 Å². The molecule has 4 nitrogen and oxygen atoms in total. The van der Waals surface area contributed by atoms with Crippen molar-refractivity contribution >= 4 is 0 Å². The summed E-state index contributed by atoms with van der Waals surface area (Å²) >= 11 is 0. The van der Waals surface area contributed by atoms with Crippen molar-refractivity contribution in [3.05, 3.63) is 0 Å². The molecular formula is C16H32N2O2. The average Bonchev–Trinajstić information content (AvgIpc) is 2.89. The second kappa shape index (κ2) is 8.98. The normalized spacial score (nSPS) is 29.1. The lowest BCUT2D eigenvalue weighted by molar-refractivity contribution is -0.0119. The Balaban J connectivity index is 1.58. The average molecular weight is 284 g/mol. The Labute approximate surface area is 124 Å². The predicted octanol–water partition coefficient (Wildman–Crippen LogP) is 2.03.